The Bertz CT molecular complexity index is 816. The van der Waals surface area contributed by atoms with E-state index in [9.17, 15) is 13.2 Å². The van der Waals surface area contributed by atoms with Gasteiger partial charge in [-0.15, -0.1) is 11.3 Å². The smallest absolute Gasteiger partial charge is 0.251 e. The van der Waals surface area contributed by atoms with Crippen molar-refractivity contribution in [1.29, 1.82) is 0 Å². The van der Waals surface area contributed by atoms with E-state index in [0.29, 0.717) is 22.0 Å². The molecule has 0 bridgehead atoms. The number of amides is 1. The van der Waals surface area contributed by atoms with Gasteiger partial charge in [-0.2, -0.15) is 0 Å². The highest BCUT2D eigenvalue weighted by Crippen LogP contribution is 2.21. The van der Waals surface area contributed by atoms with E-state index in [0.717, 1.165) is 4.88 Å². The van der Waals surface area contributed by atoms with Crippen LogP contribution in [0.2, 0.25) is 4.34 Å². The van der Waals surface area contributed by atoms with E-state index in [-0.39, 0.29) is 17.3 Å². The second kappa shape index (κ2) is 7.44. The largest absolute Gasteiger partial charge is 0.347 e. The Morgan fingerprint density at radius 3 is 2.61 bits per heavy atom. The van der Waals surface area contributed by atoms with Crippen LogP contribution >= 0.6 is 22.9 Å². The van der Waals surface area contributed by atoms with Gasteiger partial charge in [0, 0.05) is 17.0 Å². The number of halogens is 1. The van der Waals surface area contributed by atoms with Crippen LogP contribution in [0.5, 0.6) is 0 Å². The number of sulfonamides is 1. The van der Waals surface area contributed by atoms with E-state index < -0.39 is 10.0 Å². The van der Waals surface area contributed by atoms with E-state index >= 15 is 0 Å². The maximum absolute atomic E-state index is 12.3. The molecule has 1 amide bonds. The molecule has 124 valence electrons. The Balaban J connectivity index is 2.19. The summed E-state index contributed by atoms with van der Waals surface area (Å²) in [7, 11) is -3.59. The third kappa shape index (κ3) is 4.54. The maximum atomic E-state index is 12.3. The van der Waals surface area contributed by atoms with Gasteiger partial charge in [0.05, 0.1) is 15.8 Å². The molecule has 23 heavy (non-hydrogen) atoms. The van der Waals surface area contributed by atoms with Gasteiger partial charge >= 0.3 is 0 Å². The summed E-state index contributed by atoms with van der Waals surface area (Å²) in [6.07, 6.45) is 0. The number of carbonyl (C=O) groups excluding carboxylic acids is 1. The Hall–Kier alpha value is -1.41. The third-order valence-corrected chi connectivity index (χ3v) is 5.92. The molecular formula is C15H17ClN2O3S2. The molecule has 1 aromatic heterocycles. The van der Waals surface area contributed by atoms with Gasteiger partial charge in [0.1, 0.15) is 0 Å². The summed E-state index contributed by atoms with van der Waals surface area (Å²) in [4.78, 5) is 13.3. The average Bonchev–Trinajstić information content (AvgIpc) is 2.90. The molecule has 0 saturated carbocycles. The number of rotatable bonds is 6. The Kier molecular flexibility index (Phi) is 5.80. The van der Waals surface area contributed by atoms with Crippen molar-refractivity contribution >= 4 is 38.9 Å². The minimum Gasteiger partial charge on any atom is -0.347 e. The molecule has 0 atom stereocenters. The van der Waals surface area contributed by atoms with Crippen molar-refractivity contribution in [1.82, 2.24) is 10.0 Å². The maximum Gasteiger partial charge on any atom is 0.251 e. The number of thiophene rings is 1. The SMILES string of the molecule is CCNS(=O)(=O)c1ccc(C)c(C(=O)NCc2ccc(Cl)s2)c1. The molecule has 0 spiro atoms. The molecule has 0 unspecified atom stereocenters. The van der Waals surface area contributed by atoms with Crippen LogP contribution in [0.15, 0.2) is 35.2 Å². The molecule has 8 heteroatoms. The van der Waals surface area contributed by atoms with Gasteiger partial charge in [0.25, 0.3) is 5.91 Å². The average molecular weight is 373 g/mol. The van der Waals surface area contributed by atoms with E-state index in [2.05, 4.69) is 10.0 Å². The lowest BCUT2D eigenvalue weighted by molar-refractivity contribution is 0.0950. The molecule has 0 saturated heterocycles. The van der Waals surface area contributed by atoms with Crippen LogP contribution < -0.4 is 10.0 Å². The Labute approximate surface area is 144 Å². The minimum atomic E-state index is -3.59. The fourth-order valence-corrected chi connectivity index (χ4v) is 4.09. The van der Waals surface area contributed by atoms with Gasteiger partial charge < -0.3 is 5.32 Å². The summed E-state index contributed by atoms with van der Waals surface area (Å²) >= 11 is 7.24. The van der Waals surface area contributed by atoms with Crippen LogP contribution in [0, 0.1) is 6.92 Å². The van der Waals surface area contributed by atoms with Crippen molar-refractivity contribution in [2.75, 3.05) is 6.54 Å². The molecule has 0 aliphatic heterocycles. The van der Waals surface area contributed by atoms with Gasteiger partial charge in [0.2, 0.25) is 10.0 Å². The first-order chi connectivity index (χ1) is 10.8. The molecule has 0 fully saturated rings. The summed E-state index contributed by atoms with van der Waals surface area (Å²) in [5.74, 6) is -0.319. The molecule has 0 aliphatic carbocycles. The third-order valence-electron chi connectivity index (χ3n) is 3.15. The molecule has 0 radical (unpaired) electrons. The molecule has 5 nitrogen and oxygen atoms in total. The highest BCUT2D eigenvalue weighted by atomic mass is 35.5. The number of carbonyl (C=O) groups is 1. The summed E-state index contributed by atoms with van der Waals surface area (Å²) in [6.45, 7) is 4.10. The molecule has 2 rings (SSSR count). The predicted molar refractivity (Wildman–Crippen MR) is 92.5 cm³/mol. The summed E-state index contributed by atoms with van der Waals surface area (Å²) in [5.41, 5.74) is 1.05. The minimum absolute atomic E-state index is 0.0780. The van der Waals surface area contributed by atoms with Gasteiger partial charge in [-0.3, -0.25) is 4.79 Å². The van der Waals surface area contributed by atoms with E-state index in [1.807, 2.05) is 6.07 Å². The molecular weight excluding hydrogens is 356 g/mol. The number of nitrogens with one attached hydrogen (secondary N) is 2. The van der Waals surface area contributed by atoms with Gasteiger partial charge in [-0.1, -0.05) is 24.6 Å². The number of hydrogen-bond acceptors (Lipinski definition) is 4. The zero-order chi connectivity index (χ0) is 17.0. The predicted octanol–water partition coefficient (Wildman–Crippen LogP) is 2.94. The zero-order valence-corrected chi connectivity index (χ0v) is 15.1. The van der Waals surface area contributed by atoms with Crippen LogP contribution in [-0.2, 0) is 16.6 Å². The fourth-order valence-electron chi connectivity index (χ4n) is 2.00. The Morgan fingerprint density at radius 2 is 2.00 bits per heavy atom. The highest BCUT2D eigenvalue weighted by molar-refractivity contribution is 7.89. The molecule has 2 aromatic rings. The number of aryl methyl sites for hydroxylation is 1. The fraction of sp³-hybridized carbons (Fsp3) is 0.267. The number of benzene rings is 1. The van der Waals surface area contributed by atoms with Crippen LogP contribution in [0.25, 0.3) is 0 Å². The first kappa shape index (κ1) is 17.9. The van der Waals surface area contributed by atoms with Crippen molar-refractivity contribution in [3.8, 4) is 0 Å². The van der Waals surface area contributed by atoms with Crippen molar-refractivity contribution in [3.05, 3.63) is 50.7 Å². The van der Waals surface area contributed by atoms with E-state index in [4.69, 9.17) is 11.6 Å². The Morgan fingerprint density at radius 1 is 1.26 bits per heavy atom. The zero-order valence-electron chi connectivity index (χ0n) is 12.7. The van der Waals surface area contributed by atoms with Crippen molar-refractivity contribution < 1.29 is 13.2 Å². The normalized spacial score (nSPS) is 11.4. The first-order valence-corrected chi connectivity index (χ1v) is 9.64. The second-order valence-electron chi connectivity index (χ2n) is 4.87. The van der Waals surface area contributed by atoms with Crippen molar-refractivity contribution in [3.63, 3.8) is 0 Å². The van der Waals surface area contributed by atoms with Gasteiger partial charge in [-0.25, -0.2) is 13.1 Å². The van der Waals surface area contributed by atoms with Crippen LogP contribution in [0.1, 0.15) is 27.7 Å². The van der Waals surface area contributed by atoms with E-state index in [1.54, 1.807) is 26.0 Å². The molecule has 2 N–H and O–H groups in total. The summed E-state index contributed by atoms with van der Waals surface area (Å²) < 4.78 is 27.2. The molecule has 0 aliphatic rings. The topological polar surface area (TPSA) is 75.3 Å². The first-order valence-electron chi connectivity index (χ1n) is 6.96. The van der Waals surface area contributed by atoms with Gasteiger partial charge in [0.15, 0.2) is 0 Å². The van der Waals surface area contributed by atoms with E-state index in [1.165, 1.54) is 23.5 Å². The lowest BCUT2D eigenvalue weighted by atomic mass is 10.1. The van der Waals surface area contributed by atoms with Crippen LogP contribution in [0.3, 0.4) is 0 Å². The second-order valence-corrected chi connectivity index (χ2v) is 8.43. The summed E-state index contributed by atoms with van der Waals surface area (Å²) in [6, 6.07) is 8.11. The lowest BCUT2D eigenvalue weighted by Crippen LogP contribution is -2.26. The highest BCUT2D eigenvalue weighted by Gasteiger charge is 2.17. The monoisotopic (exact) mass is 372 g/mol. The number of hydrogen-bond donors (Lipinski definition) is 2. The molecule has 1 aromatic carbocycles. The standard InChI is InChI=1S/C15H17ClN2O3S2/c1-3-18-23(20,21)12-6-4-10(2)13(8-12)15(19)17-9-11-5-7-14(16)22-11/h4-8,18H,3,9H2,1-2H3,(H,17,19). The van der Waals surface area contributed by atoms with Crippen LogP contribution in [-0.4, -0.2) is 20.9 Å². The lowest BCUT2D eigenvalue weighted by Gasteiger charge is -2.10. The molecule has 1 heterocycles. The quantitative estimate of drug-likeness (QED) is 0.818. The van der Waals surface area contributed by atoms with Crippen LogP contribution in [0.4, 0.5) is 0 Å². The van der Waals surface area contributed by atoms with Crippen molar-refractivity contribution in [2.45, 2.75) is 25.3 Å². The summed E-state index contributed by atoms with van der Waals surface area (Å²) in [5, 5.41) is 2.78. The van der Waals surface area contributed by atoms with Crippen molar-refractivity contribution in [2.24, 2.45) is 0 Å². The van der Waals surface area contributed by atoms with Gasteiger partial charge in [-0.05, 0) is 36.8 Å².